The molecule has 3 rings (SSSR count). The molecule has 5 nitrogen and oxygen atoms in total. The number of amides is 2. The number of fused-ring (bicyclic) bond motifs is 1. The fraction of sp³-hybridized carbons (Fsp3) is 0.250. The monoisotopic (exact) mass is 337 g/mol. The molecule has 130 valence electrons. The van der Waals surface area contributed by atoms with Gasteiger partial charge in [-0.05, 0) is 42.7 Å². The number of benzene rings is 2. The molecule has 0 aliphatic heterocycles. The van der Waals surface area contributed by atoms with E-state index in [-0.39, 0.29) is 6.03 Å². The standard InChI is InChI=1S/C20H23N3O2/c1-14-6-4-5-7-15(14)10-11-21-20(24)22-19-12-16-8-9-17(25-3)13-18(16)23(19)2/h4-9,12-13H,10-11H2,1-3H3,(H2,21,22,24). The maximum Gasteiger partial charge on any atom is 0.320 e. The molecule has 3 aromatic rings. The van der Waals surface area contributed by atoms with Gasteiger partial charge in [-0.25, -0.2) is 4.79 Å². The Morgan fingerprint density at radius 1 is 1.16 bits per heavy atom. The molecule has 5 heteroatoms. The summed E-state index contributed by atoms with van der Waals surface area (Å²) in [6.45, 7) is 2.67. The van der Waals surface area contributed by atoms with Crippen molar-refractivity contribution in [3.63, 3.8) is 0 Å². The fourth-order valence-electron chi connectivity index (χ4n) is 2.92. The van der Waals surface area contributed by atoms with Crippen LogP contribution in [0.2, 0.25) is 0 Å². The molecular formula is C20H23N3O2. The van der Waals surface area contributed by atoms with Gasteiger partial charge in [0.05, 0.1) is 12.6 Å². The minimum absolute atomic E-state index is 0.202. The summed E-state index contributed by atoms with van der Waals surface area (Å²) in [5.41, 5.74) is 3.50. The molecule has 0 aliphatic carbocycles. The molecule has 2 aromatic carbocycles. The number of rotatable bonds is 5. The van der Waals surface area contributed by atoms with E-state index in [0.717, 1.165) is 28.9 Å². The van der Waals surface area contributed by atoms with Gasteiger partial charge in [0.1, 0.15) is 11.6 Å². The van der Waals surface area contributed by atoms with E-state index in [9.17, 15) is 4.79 Å². The minimum Gasteiger partial charge on any atom is -0.497 e. The summed E-state index contributed by atoms with van der Waals surface area (Å²) in [6.07, 6.45) is 0.812. The minimum atomic E-state index is -0.202. The molecule has 0 saturated heterocycles. The molecule has 0 spiro atoms. The van der Waals surface area contributed by atoms with Crippen LogP contribution < -0.4 is 15.4 Å². The highest BCUT2D eigenvalue weighted by Crippen LogP contribution is 2.26. The molecule has 0 saturated carbocycles. The molecule has 0 radical (unpaired) electrons. The molecule has 25 heavy (non-hydrogen) atoms. The highest BCUT2D eigenvalue weighted by atomic mass is 16.5. The summed E-state index contributed by atoms with van der Waals surface area (Å²) in [7, 11) is 3.57. The van der Waals surface area contributed by atoms with Gasteiger partial charge in [0, 0.05) is 25.0 Å². The molecule has 0 aliphatic rings. The molecular weight excluding hydrogens is 314 g/mol. The number of carbonyl (C=O) groups excluding carboxylic acids is 1. The molecule has 1 heterocycles. The molecule has 0 unspecified atom stereocenters. The first kappa shape index (κ1) is 16.9. The predicted octanol–water partition coefficient (Wildman–Crippen LogP) is 3.86. The fourth-order valence-corrected chi connectivity index (χ4v) is 2.92. The lowest BCUT2D eigenvalue weighted by Gasteiger charge is -2.10. The number of methoxy groups -OCH3 is 1. The molecule has 0 fully saturated rings. The van der Waals surface area contributed by atoms with Crippen LogP contribution in [0.25, 0.3) is 10.9 Å². The normalized spacial score (nSPS) is 10.7. The topological polar surface area (TPSA) is 55.3 Å². The van der Waals surface area contributed by atoms with E-state index >= 15 is 0 Å². The first-order valence-corrected chi connectivity index (χ1v) is 8.31. The maximum atomic E-state index is 12.2. The molecule has 1 aromatic heterocycles. The highest BCUT2D eigenvalue weighted by molar-refractivity contribution is 5.94. The lowest BCUT2D eigenvalue weighted by Crippen LogP contribution is -2.31. The Morgan fingerprint density at radius 3 is 2.72 bits per heavy atom. The lowest BCUT2D eigenvalue weighted by molar-refractivity contribution is 0.252. The van der Waals surface area contributed by atoms with Crippen LogP contribution >= 0.6 is 0 Å². The highest BCUT2D eigenvalue weighted by Gasteiger charge is 2.09. The van der Waals surface area contributed by atoms with E-state index in [1.54, 1.807) is 7.11 Å². The van der Waals surface area contributed by atoms with Crippen molar-refractivity contribution in [3.8, 4) is 5.75 Å². The van der Waals surface area contributed by atoms with Gasteiger partial charge in [-0.3, -0.25) is 5.32 Å². The number of nitrogens with one attached hydrogen (secondary N) is 2. The van der Waals surface area contributed by atoms with Crippen LogP contribution in [0.15, 0.2) is 48.5 Å². The van der Waals surface area contributed by atoms with Crippen LogP contribution in [-0.2, 0) is 13.5 Å². The Bertz CT molecular complexity index is 899. The first-order chi connectivity index (χ1) is 12.1. The zero-order valence-electron chi connectivity index (χ0n) is 14.8. The van der Waals surface area contributed by atoms with Crippen molar-refractivity contribution in [2.75, 3.05) is 19.0 Å². The number of hydrogen-bond acceptors (Lipinski definition) is 2. The lowest BCUT2D eigenvalue weighted by atomic mass is 10.1. The van der Waals surface area contributed by atoms with E-state index in [0.29, 0.717) is 6.54 Å². The van der Waals surface area contributed by atoms with Gasteiger partial charge in [0.2, 0.25) is 0 Å². The van der Waals surface area contributed by atoms with Crippen LogP contribution in [0.5, 0.6) is 5.75 Å². The summed E-state index contributed by atoms with van der Waals surface area (Å²) in [6, 6.07) is 15.8. The second-order valence-corrected chi connectivity index (χ2v) is 6.07. The summed E-state index contributed by atoms with van der Waals surface area (Å²) in [4.78, 5) is 12.2. The van der Waals surface area contributed by atoms with Crippen LogP contribution in [0.4, 0.5) is 10.6 Å². The third-order valence-electron chi connectivity index (χ3n) is 4.44. The van der Waals surface area contributed by atoms with Crippen LogP contribution in [0.1, 0.15) is 11.1 Å². The Morgan fingerprint density at radius 2 is 1.96 bits per heavy atom. The number of anilines is 1. The molecule has 0 bridgehead atoms. The number of ether oxygens (including phenoxy) is 1. The molecule has 2 amide bonds. The maximum absolute atomic E-state index is 12.2. The van der Waals surface area contributed by atoms with Crippen molar-refractivity contribution in [3.05, 3.63) is 59.7 Å². The Balaban J connectivity index is 1.62. The van der Waals surface area contributed by atoms with E-state index in [2.05, 4.69) is 29.7 Å². The van der Waals surface area contributed by atoms with Gasteiger partial charge in [0.15, 0.2) is 0 Å². The van der Waals surface area contributed by atoms with Gasteiger partial charge in [0.25, 0.3) is 0 Å². The average Bonchev–Trinajstić information content (AvgIpc) is 2.92. The van der Waals surface area contributed by atoms with E-state index in [1.165, 1.54) is 11.1 Å². The Kier molecular flexibility index (Phi) is 4.93. The van der Waals surface area contributed by atoms with Gasteiger partial charge in [-0.1, -0.05) is 24.3 Å². The van der Waals surface area contributed by atoms with Crippen LogP contribution in [0, 0.1) is 6.92 Å². The molecule has 2 N–H and O–H groups in total. The van der Waals surface area contributed by atoms with Crippen molar-refractivity contribution in [1.82, 2.24) is 9.88 Å². The van der Waals surface area contributed by atoms with E-state index in [4.69, 9.17) is 4.74 Å². The second kappa shape index (κ2) is 7.30. The predicted molar refractivity (Wildman–Crippen MR) is 101 cm³/mol. The number of urea groups is 1. The van der Waals surface area contributed by atoms with Crippen molar-refractivity contribution in [2.45, 2.75) is 13.3 Å². The molecule has 0 atom stereocenters. The van der Waals surface area contributed by atoms with Crippen LogP contribution in [-0.4, -0.2) is 24.3 Å². The van der Waals surface area contributed by atoms with Crippen molar-refractivity contribution in [2.24, 2.45) is 7.05 Å². The summed E-state index contributed by atoms with van der Waals surface area (Å²) in [5.74, 6) is 1.54. The van der Waals surface area contributed by atoms with Gasteiger partial charge in [-0.15, -0.1) is 0 Å². The largest absolute Gasteiger partial charge is 0.497 e. The van der Waals surface area contributed by atoms with Crippen molar-refractivity contribution >= 4 is 22.8 Å². The number of carbonyl (C=O) groups is 1. The zero-order chi connectivity index (χ0) is 17.8. The second-order valence-electron chi connectivity index (χ2n) is 6.07. The van der Waals surface area contributed by atoms with Crippen LogP contribution in [0.3, 0.4) is 0 Å². The quantitative estimate of drug-likeness (QED) is 0.743. The first-order valence-electron chi connectivity index (χ1n) is 8.31. The number of hydrogen-bond donors (Lipinski definition) is 2. The average molecular weight is 337 g/mol. The third-order valence-corrected chi connectivity index (χ3v) is 4.44. The summed E-state index contributed by atoms with van der Waals surface area (Å²) in [5, 5.41) is 6.88. The van der Waals surface area contributed by atoms with Gasteiger partial charge in [-0.2, -0.15) is 0 Å². The Hall–Kier alpha value is -2.95. The number of aryl methyl sites for hydroxylation is 2. The van der Waals surface area contributed by atoms with Gasteiger partial charge < -0.3 is 14.6 Å². The summed E-state index contributed by atoms with van der Waals surface area (Å²) >= 11 is 0. The smallest absolute Gasteiger partial charge is 0.320 e. The van der Waals surface area contributed by atoms with Crippen molar-refractivity contribution in [1.29, 1.82) is 0 Å². The van der Waals surface area contributed by atoms with Crippen molar-refractivity contribution < 1.29 is 9.53 Å². The summed E-state index contributed by atoms with van der Waals surface area (Å²) < 4.78 is 7.20. The number of nitrogens with zero attached hydrogens (tertiary/aromatic N) is 1. The Labute approximate surface area is 147 Å². The van der Waals surface area contributed by atoms with E-state index < -0.39 is 0 Å². The SMILES string of the molecule is COc1ccc2cc(NC(=O)NCCc3ccccc3C)n(C)c2c1. The zero-order valence-corrected chi connectivity index (χ0v) is 14.8. The van der Waals surface area contributed by atoms with Gasteiger partial charge >= 0.3 is 6.03 Å². The third kappa shape index (κ3) is 3.76. The number of aromatic nitrogens is 1. The van der Waals surface area contributed by atoms with E-state index in [1.807, 2.05) is 48.0 Å².